The quantitative estimate of drug-likeness (QED) is 0.263. The molecule has 0 bridgehead atoms. The van der Waals surface area contributed by atoms with Gasteiger partial charge >= 0.3 is 18.3 Å². The third kappa shape index (κ3) is 6.18. The number of carbonyl (C=O) groups is 1. The van der Waals surface area contributed by atoms with Crippen LogP contribution in [0.5, 0.6) is 0 Å². The average Bonchev–Trinajstić information content (AvgIpc) is 3.04. The molecule has 1 aromatic heterocycles. The maximum Gasteiger partial charge on any atom is 0.511 e. The molecule has 1 aromatic carbocycles. The molecule has 0 fully saturated rings. The molecule has 0 aliphatic rings. The zero-order chi connectivity index (χ0) is 24.3. The number of benzene rings is 1. The molecule has 2 aromatic rings. The zero-order valence-corrected chi connectivity index (χ0v) is 18.5. The van der Waals surface area contributed by atoms with Gasteiger partial charge in [0.25, 0.3) is 0 Å². The second kappa shape index (κ2) is 9.54. The molecule has 0 spiro atoms. The Bertz CT molecular complexity index is 1130. The summed E-state index contributed by atoms with van der Waals surface area (Å²) in [4.78, 5) is 14.6. The van der Waals surface area contributed by atoms with E-state index >= 15 is 0 Å². The Labute approximate surface area is 181 Å². The summed E-state index contributed by atoms with van der Waals surface area (Å²) in [5, 5.41) is 7.23. The van der Waals surface area contributed by atoms with Crippen LogP contribution in [0, 0.1) is 13.8 Å². The van der Waals surface area contributed by atoms with E-state index in [0.29, 0.717) is 12.3 Å². The number of nitrogens with zero attached hydrogens (tertiary/aromatic N) is 3. The van der Waals surface area contributed by atoms with Gasteiger partial charge in [0.2, 0.25) is 18.1 Å². The largest absolute Gasteiger partial charge is 0.511 e. The van der Waals surface area contributed by atoms with Gasteiger partial charge in [0.15, 0.2) is 9.84 Å². The molecule has 1 unspecified atom stereocenters. The van der Waals surface area contributed by atoms with Gasteiger partial charge in [-0.2, -0.15) is 18.2 Å². The average molecular weight is 479 g/mol. The van der Waals surface area contributed by atoms with Gasteiger partial charge in [-0.25, -0.2) is 13.2 Å². The van der Waals surface area contributed by atoms with Crippen molar-refractivity contribution in [3.63, 3.8) is 0 Å². The number of rotatable bonds is 6. The summed E-state index contributed by atoms with van der Waals surface area (Å²) in [6, 6.07) is 1.25. The van der Waals surface area contributed by atoms with Crippen LogP contribution in [0.3, 0.4) is 0 Å². The van der Waals surface area contributed by atoms with Crippen molar-refractivity contribution < 1.29 is 45.0 Å². The number of aryl methyl sites for hydroxylation is 1. The maximum absolute atomic E-state index is 13.4. The van der Waals surface area contributed by atoms with E-state index < -0.39 is 44.8 Å². The molecule has 0 aliphatic heterocycles. The molecule has 0 aliphatic carbocycles. The van der Waals surface area contributed by atoms with E-state index in [4.69, 9.17) is 13.9 Å². The van der Waals surface area contributed by atoms with Crippen molar-refractivity contribution in [2.75, 3.05) is 12.9 Å². The fourth-order valence-corrected chi connectivity index (χ4v) is 3.91. The second-order valence-corrected chi connectivity index (χ2v) is 8.34. The third-order valence-corrected chi connectivity index (χ3v) is 5.09. The van der Waals surface area contributed by atoms with Gasteiger partial charge in [-0.1, -0.05) is 5.10 Å². The lowest BCUT2D eigenvalue weighted by molar-refractivity contribution is -0.140. The molecular weight excluding hydrogens is 459 g/mol. The van der Waals surface area contributed by atoms with Crippen LogP contribution >= 0.6 is 0 Å². The highest BCUT2D eigenvalue weighted by Gasteiger charge is 2.38. The van der Waals surface area contributed by atoms with Crippen LogP contribution in [-0.2, 0) is 30.2 Å². The van der Waals surface area contributed by atoms with Crippen LogP contribution in [0.2, 0.25) is 0 Å². The summed E-state index contributed by atoms with van der Waals surface area (Å²) < 4.78 is 84.8. The van der Waals surface area contributed by atoms with Crippen LogP contribution < -0.4 is 0 Å². The molecule has 10 nitrogen and oxygen atoms in total. The van der Waals surface area contributed by atoms with Crippen molar-refractivity contribution in [1.29, 1.82) is 0 Å². The van der Waals surface area contributed by atoms with E-state index in [1.807, 2.05) is 0 Å². The van der Waals surface area contributed by atoms with Gasteiger partial charge in [-0.3, -0.25) is 0 Å². The number of carbonyl (C=O) groups excluding carboxylic acids is 1. The summed E-state index contributed by atoms with van der Waals surface area (Å²) in [7, 11) is -4.31. The first-order chi connectivity index (χ1) is 14.7. The molecule has 0 N–H and O–H groups in total. The van der Waals surface area contributed by atoms with Gasteiger partial charge in [0.1, 0.15) is 0 Å². The Kier molecular flexibility index (Phi) is 7.49. The van der Waals surface area contributed by atoms with Crippen LogP contribution in [0.1, 0.15) is 36.4 Å². The van der Waals surface area contributed by atoms with E-state index in [1.54, 1.807) is 6.92 Å². The van der Waals surface area contributed by atoms with Crippen molar-refractivity contribution in [2.45, 2.75) is 45.1 Å². The second-order valence-electron chi connectivity index (χ2n) is 6.39. The van der Waals surface area contributed by atoms with Crippen molar-refractivity contribution >= 4 is 27.9 Å². The van der Waals surface area contributed by atoms with Crippen molar-refractivity contribution in [3.05, 3.63) is 34.7 Å². The highest BCUT2D eigenvalue weighted by atomic mass is 32.2. The lowest BCUT2D eigenvalue weighted by Crippen LogP contribution is -2.24. The lowest BCUT2D eigenvalue weighted by Gasteiger charge is -2.20. The molecule has 176 valence electrons. The molecule has 32 heavy (non-hydrogen) atoms. The molecular formula is C18H20F3N3O7S. The fraction of sp³-hybridized carbons (Fsp3) is 0.444. The maximum atomic E-state index is 13.4. The summed E-state index contributed by atoms with van der Waals surface area (Å²) in [5.41, 5.74) is -1.76. The van der Waals surface area contributed by atoms with E-state index in [0.717, 1.165) is 13.0 Å². The summed E-state index contributed by atoms with van der Waals surface area (Å²) in [6.45, 7) is 5.52. The topological polar surface area (TPSA) is 130 Å². The first-order valence-electron chi connectivity index (χ1n) is 9.04. The summed E-state index contributed by atoms with van der Waals surface area (Å²) >= 11 is 0. The van der Waals surface area contributed by atoms with E-state index in [9.17, 15) is 26.4 Å². The third-order valence-electron chi connectivity index (χ3n) is 3.83. The fourth-order valence-electron chi connectivity index (χ4n) is 2.66. The van der Waals surface area contributed by atoms with Crippen LogP contribution in [0.15, 0.2) is 26.4 Å². The van der Waals surface area contributed by atoms with Crippen LogP contribution in [0.25, 0.3) is 0 Å². The number of aromatic nitrogens is 2. The zero-order valence-electron chi connectivity index (χ0n) is 17.7. The van der Waals surface area contributed by atoms with Crippen molar-refractivity contribution in [2.24, 2.45) is 4.99 Å². The Morgan fingerprint density at radius 2 is 1.88 bits per heavy atom. The van der Waals surface area contributed by atoms with Gasteiger partial charge in [-0.05, 0) is 31.5 Å². The number of hydrogen-bond acceptors (Lipinski definition) is 10. The standard InChI is InChI=1S/C18H20F3N3O7S/c1-6-28-17(25)31-11(4)30-15(22-16-24-23-10(3)29-16)12-7-8-13(18(19,20)21)14(9(12)2)32(5,26)27/h7-8,11H,6H2,1-5H3. The smallest absolute Gasteiger partial charge is 0.437 e. The Morgan fingerprint density at radius 1 is 1.22 bits per heavy atom. The Hall–Kier alpha value is -3.16. The number of alkyl halides is 3. The molecule has 0 amide bonds. The highest BCUT2D eigenvalue weighted by Crippen LogP contribution is 2.37. The number of sulfone groups is 1. The van der Waals surface area contributed by atoms with E-state index in [-0.39, 0.29) is 29.6 Å². The van der Waals surface area contributed by atoms with Crippen molar-refractivity contribution in [3.8, 4) is 0 Å². The lowest BCUT2D eigenvalue weighted by atomic mass is 10.0. The minimum Gasteiger partial charge on any atom is -0.437 e. The summed E-state index contributed by atoms with van der Waals surface area (Å²) in [5.74, 6) is -0.276. The first-order valence-corrected chi connectivity index (χ1v) is 10.9. The molecule has 2 rings (SSSR count). The van der Waals surface area contributed by atoms with Crippen LogP contribution in [-0.4, -0.2) is 49.8 Å². The SMILES string of the molecule is CCOC(=O)OC(C)OC(=Nc1nnc(C)o1)c1ccc(C(F)(F)F)c(S(C)(=O)=O)c1C. The van der Waals surface area contributed by atoms with Gasteiger partial charge < -0.3 is 18.6 Å². The predicted octanol–water partition coefficient (Wildman–Crippen LogP) is 3.72. The molecule has 1 atom stereocenters. The first kappa shape index (κ1) is 25.1. The normalized spacial score (nSPS) is 13.6. The predicted molar refractivity (Wildman–Crippen MR) is 103 cm³/mol. The monoisotopic (exact) mass is 479 g/mol. The van der Waals surface area contributed by atoms with Gasteiger partial charge in [-0.15, -0.1) is 5.10 Å². The molecule has 0 radical (unpaired) electrons. The minimum absolute atomic E-state index is 0.0312. The molecule has 14 heteroatoms. The number of aliphatic imine (C=N–C) groups is 1. The Balaban J connectivity index is 2.63. The molecule has 1 heterocycles. The minimum atomic E-state index is -4.93. The number of hydrogen-bond donors (Lipinski definition) is 0. The molecule has 0 saturated heterocycles. The van der Waals surface area contributed by atoms with Gasteiger partial charge in [0, 0.05) is 25.7 Å². The Morgan fingerprint density at radius 3 is 2.38 bits per heavy atom. The van der Waals surface area contributed by atoms with Gasteiger partial charge in [0.05, 0.1) is 17.1 Å². The molecule has 0 saturated carbocycles. The highest BCUT2D eigenvalue weighted by molar-refractivity contribution is 7.90. The van der Waals surface area contributed by atoms with Crippen LogP contribution in [0.4, 0.5) is 24.0 Å². The van der Waals surface area contributed by atoms with E-state index in [2.05, 4.69) is 19.9 Å². The summed E-state index contributed by atoms with van der Waals surface area (Å²) in [6.07, 6.45) is -6.65. The number of halogens is 3. The van der Waals surface area contributed by atoms with E-state index in [1.165, 1.54) is 13.8 Å². The van der Waals surface area contributed by atoms with Crippen molar-refractivity contribution in [1.82, 2.24) is 10.2 Å². The number of ether oxygens (including phenoxy) is 3.